The number of unbranched alkanes of at least 4 members (excludes halogenated alkanes) is 33. The van der Waals surface area contributed by atoms with E-state index in [4.69, 9.17) is 14.2 Å². The summed E-state index contributed by atoms with van der Waals surface area (Å²) < 4.78 is 17.6. The number of allylic oxidation sites excluding steroid dienone is 13. The largest absolute Gasteiger partial charge is 0.454 e. The van der Waals surface area contributed by atoms with Crippen LogP contribution in [-0.2, 0) is 23.8 Å². The van der Waals surface area contributed by atoms with Gasteiger partial charge in [-0.3, -0.25) is 9.59 Å². The fourth-order valence-electron chi connectivity index (χ4n) is 9.86. The average molecular weight is 1110 g/mol. The summed E-state index contributed by atoms with van der Waals surface area (Å²) in [6.45, 7) is 5.64. The molecule has 11 heteroatoms. The lowest BCUT2D eigenvalue weighted by atomic mass is 9.99. The van der Waals surface area contributed by atoms with Crippen molar-refractivity contribution in [3.05, 3.63) is 85.1 Å². The Bertz CT molecular complexity index is 1610. The summed E-state index contributed by atoms with van der Waals surface area (Å²) in [6, 6.07) is -1.04. The minimum atomic E-state index is -1.64. The second-order valence-corrected chi connectivity index (χ2v) is 22.3. The molecule has 0 spiro atoms. The van der Waals surface area contributed by atoms with Gasteiger partial charge in [-0.05, 0) is 44.9 Å². The maximum Gasteiger partial charge on any atom is 0.306 e. The van der Waals surface area contributed by atoms with Gasteiger partial charge in [-0.2, -0.15) is 0 Å². The van der Waals surface area contributed by atoms with E-state index in [0.29, 0.717) is 12.8 Å². The van der Waals surface area contributed by atoms with Crippen LogP contribution in [-0.4, -0.2) is 99.6 Å². The van der Waals surface area contributed by atoms with Crippen molar-refractivity contribution >= 4 is 11.9 Å². The molecule has 0 aromatic carbocycles. The average Bonchev–Trinajstić information content (AvgIpc) is 3.49. The molecular weight excluding hydrogens is 991 g/mol. The molecule has 79 heavy (non-hydrogen) atoms. The predicted molar refractivity (Wildman–Crippen MR) is 329 cm³/mol. The van der Waals surface area contributed by atoms with Crippen LogP contribution in [0, 0.1) is 0 Å². The summed E-state index contributed by atoms with van der Waals surface area (Å²) in [5.41, 5.74) is 0. The number of amides is 1. The smallest absolute Gasteiger partial charge is 0.306 e. The molecule has 1 aliphatic rings. The van der Waals surface area contributed by atoms with Crippen LogP contribution in [0.2, 0.25) is 0 Å². The number of aliphatic hydroxyl groups excluding tert-OH is 5. The first-order valence-electron chi connectivity index (χ1n) is 32.4. The Labute approximate surface area is 483 Å². The van der Waals surface area contributed by atoms with Gasteiger partial charge in [-0.15, -0.1) is 0 Å². The van der Waals surface area contributed by atoms with Gasteiger partial charge in [0.25, 0.3) is 0 Å². The van der Waals surface area contributed by atoms with E-state index in [1.165, 1.54) is 161 Å². The molecule has 0 saturated carbocycles. The van der Waals surface area contributed by atoms with Crippen LogP contribution in [0.1, 0.15) is 271 Å². The third-order valence-electron chi connectivity index (χ3n) is 15.0. The first kappa shape index (κ1) is 73.9. The fourth-order valence-corrected chi connectivity index (χ4v) is 9.86. The van der Waals surface area contributed by atoms with Crippen LogP contribution in [0.4, 0.5) is 0 Å². The van der Waals surface area contributed by atoms with E-state index in [0.717, 1.165) is 64.2 Å². The van der Waals surface area contributed by atoms with Crippen molar-refractivity contribution in [3.63, 3.8) is 0 Å². The van der Waals surface area contributed by atoms with Crippen molar-refractivity contribution in [1.29, 1.82) is 0 Å². The third-order valence-corrected chi connectivity index (χ3v) is 15.0. The van der Waals surface area contributed by atoms with Crippen LogP contribution in [0.5, 0.6) is 0 Å². The van der Waals surface area contributed by atoms with E-state index in [1.807, 2.05) is 66.8 Å². The van der Waals surface area contributed by atoms with Crippen molar-refractivity contribution in [2.24, 2.45) is 0 Å². The van der Waals surface area contributed by atoms with Gasteiger partial charge in [0.2, 0.25) is 5.91 Å². The number of hydrogen-bond acceptors (Lipinski definition) is 10. The van der Waals surface area contributed by atoms with Gasteiger partial charge in [0.05, 0.1) is 25.4 Å². The summed E-state index contributed by atoms with van der Waals surface area (Å²) in [7, 11) is 0. The maximum absolute atomic E-state index is 13.5. The Morgan fingerprint density at radius 1 is 0.506 bits per heavy atom. The van der Waals surface area contributed by atoms with E-state index >= 15 is 0 Å². The van der Waals surface area contributed by atoms with Gasteiger partial charge < -0.3 is 45.1 Å². The summed E-state index contributed by atoms with van der Waals surface area (Å²) in [4.78, 5) is 26.6. The molecule has 456 valence electrons. The minimum Gasteiger partial charge on any atom is -0.454 e. The molecule has 1 amide bonds. The summed E-state index contributed by atoms with van der Waals surface area (Å²) >= 11 is 0. The van der Waals surface area contributed by atoms with Gasteiger partial charge >= 0.3 is 5.97 Å². The van der Waals surface area contributed by atoms with Crippen LogP contribution in [0.3, 0.4) is 0 Å². The first-order valence-corrected chi connectivity index (χ1v) is 32.4. The maximum atomic E-state index is 13.5. The molecule has 6 N–H and O–H groups in total. The highest BCUT2D eigenvalue weighted by atomic mass is 16.7. The molecule has 0 aromatic rings. The lowest BCUT2D eigenvalue weighted by Gasteiger charge is -2.41. The Morgan fingerprint density at radius 2 is 0.911 bits per heavy atom. The van der Waals surface area contributed by atoms with Gasteiger partial charge in [0.15, 0.2) is 12.4 Å². The molecule has 1 saturated heterocycles. The lowest BCUT2D eigenvalue weighted by molar-refractivity contribution is -0.305. The Hall–Kier alpha value is -3.16. The normalized spacial score (nSPS) is 19.4. The zero-order chi connectivity index (χ0) is 57.5. The number of carbonyl (C=O) groups is 2. The van der Waals surface area contributed by atoms with Crippen LogP contribution in [0.25, 0.3) is 0 Å². The molecule has 1 aliphatic heterocycles. The number of esters is 1. The number of aliphatic hydroxyl groups is 5. The number of nitrogens with one attached hydrogen (secondary N) is 1. The standard InChI is InChI=1S/C68H119NO10/c1-4-7-10-13-16-19-22-25-27-29-30-31-33-34-37-40-43-46-49-52-55-61(72)67(76)69-59(60(71)54-51-48-45-42-39-36-24-21-18-15-12-9-6-3)58-77-68-66(65(75)64(74)62(57-70)78-68)79-63(73)56-53-50-47-44-41-38-35-32-28-26-23-20-17-14-11-8-5-2/h8,11,14,17,20,23,26,28,32,35,38,41,51,54,59-62,64-66,68,70-72,74-75H,4-7,9-10,12-13,15-16,18-19,21-22,24-25,27,29-31,33-34,36-37,39-40,42-50,52-53,55-58H2,1-3H3,(H,69,76)/b11-8-,17-14+,23-20+,28-26-,35-32+,41-38+,54-51+. The Balaban J connectivity index is 2.69. The van der Waals surface area contributed by atoms with Crippen molar-refractivity contribution in [1.82, 2.24) is 5.32 Å². The zero-order valence-corrected chi connectivity index (χ0v) is 50.5. The molecule has 1 rings (SSSR count). The Kier molecular flexibility index (Phi) is 51.8. The Morgan fingerprint density at radius 3 is 1.37 bits per heavy atom. The van der Waals surface area contributed by atoms with Gasteiger partial charge in [-0.1, -0.05) is 305 Å². The summed E-state index contributed by atoms with van der Waals surface area (Å²) in [5, 5.41) is 57.1. The first-order chi connectivity index (χ1) is 38.7. The lowest BCUT2D eigenvalue weighted by Crippen LogP contribution is -2.61. The van der Waals surface area contributed by atoms with E-state index in [9.17, 15) is 35.1 Å². The van der Waals surface area contributed by atoms with Crippen LogP contribution in [0.15, 0.2) is 85.1 Å². The molecule has 0 radical (unpaired) electrons. The van der Waals surface area contributed by atoms with Crippen molar-refractivity contribution in [3.8, 4) is 0 Å². The van der Waals surface area contributed by atoms with Gasteiger partial charge in [-0.25, -0.2) is 0 Å². The number of hydrogen-bond donors (Lipinski definition) is 6. The summed E-state index contributed by atoms with van der Waals surface area (Å²) in [5.74, 6) is -1.24. The van der Waals surface area contributed by atoms with Crippen LogP contribution < -0.4 is 5.32 Å². The van der Waals surface area contributed by atoms with E-state index in [2.05, 4.69) is 38.2 Å². The monoisotopic (exact) mass is 1110 g/mol. The van der Waals surface area contributed by atoms with Crippen LogP contribution >= 0.6 is 0 Å². The van der Waals surface area contributed by atoms with Gasteiger partial charge in [0, 0.05) is 6.42 Å². The fraction of sp³-hybridized carbons (Fsp3) is 0.765. The van der Waals surface area contributed by atoms with Crippen molar-refractivity contribution < 1.29 is 49.3 Å². The summed E-state index contributed by atoms with van der Waals surface area (Å²) in [6.07, 6.45) is 61.9. The minimum absolute atomic E-state index is 0.0697. The molecule has 0 aromatic heterocycles. The molecule has 0 bridgehead atoms. The zero-order valence-electron chi connectivity index (χ0n) is 50.5. The molecule has 11 nitrogen and oxygen atoms in total. The molecule has 8 unspecified atom stereocenters. The number of carbonyl (C=O) groups excluding carboxylic acids is 2. The molecule has 8 atom stereocenters. The second kappa shape index (κ2) is 55.4. The second-order valence-electron chi connectivity index (χ2n) is 22.3. The topological polar surface area (TPSA) is 175 Å². The molecule has 1 heterocycles. The number of ether oxygens (including phenoxy) is 3. The van der Waals surface area contributed by atoms with Gasteiger partial charge in [0.1, 0.15) is 24.4 Å². The third kappa shape index (κ3) is 43.2. The highest BCUT2D eigenvalue weighted by molar-refractivity contribution is 5.80. The highest BCUT2D eigenvalue weighted by Crippen LogP contribution is 2.26. The number of rotatable bonds is 54. The highest BCUT2D eigenvalue weighted by Gasteiger charge is 2.47. The molecule has 1 fully saturated rings. The molecular formula is C68H119NO10. The molecule has 0 aliphatic carbocycles. The quantitative estimate of drug-likeness (QED) is 0.0149. The predicted octanol–water partition coefficient (Wildman–Crippen LogP) is 15.7. The van der Waals surface area contributed by atoms with E-state index in [-0.39, 0.29) is 19.4 Å². The van der Waals surface area contributed by atoms with Crippen molar-refractivity contribution in [2.75, 3.05) is 13.2 Å². The van der Waals surface area contributed by atoms with E-state index < -0.39 is 67.4 Å². The van der Waals surface area contributed by atoms with E-state index in [1.54, 1.807) is 6.08 Å². The SMILES string of the molecule is CC\C=C/C=C/C=C/C=C\C=C\C=C\CCCCCC(=O)OC1C(OCC(NC(=O)C(O)CCCCCCCCCCCCCCCCCCCCCC)C(O)/C=C/CCCCCCCCCCCCC)OC(CO)C(O)C1O. The van der Waals surface area contributed by atoms with Crippen molar-refractivity contribution in [2.45, 2.75) is 320 Å².